The third-order valence-corrected chi connectivity index (χ3v) is 5.11. The highest BCUT2D eigenvalue weighted by Gasteiger charge is 2.40. The van der Waals surface area contributed by atoms with Gasteiger partial charge in [0.1, 0.15) is 22.9 Å². The second-order valence-electron chi connectivity index (χ2n) is 8.68. The van der Waals surface area contributed by atoms with Crippen LogP contribution >= 0.6 is 0 Å². The average Bonchev–Trinajstić information content (AvgIpc) is 3.18. The SMILES string of the molecule is CC.COc1ccc(CNc2cc(C(F)(F)F)c3c(n2)CCC3NC(=O)OC(C)(C)C)c(OC)c1. The summed E-state index contributed by atoms with van der Waals surface area (Å²) in [4.78, 5) is 16.5. The first-order chi connectivity index (χ1) is 16.4. The molecule has 0 fully saturated rings. The Hall–Kier alpha value is -3.17. The summed E-state index contributed by atoms with van der Waals surface area (Å²) in [5.74, 6) is 1.24. The van der Waals surface area contributed by atoms with Gasteiger partial charge < -0.3 is 24.8 Å². The molecule has 0 aliphatic heterocycles. The lowest BCUT2D eigenvalue weighted by molar-refractivity contribution is -0.138. The number of alkyl carbamates (subject to hydrolysis) is 1. The number of methoxy groups -OCH3 is 2. The molecule has 1 aromatic carbocycles. The Kier molecular flexibility index (Phi) is 9.23. The molecule has 10 heteroatoms. The van der Waals surface area contributed by atoms with Crippen molar-refractivity contribution in [1.82, 2.24) is 10.3 Å². The molecule has 194 valence electrons. The topological polar surface area (TPSA) is 81.7 Å². The average molecular weight is 498 g/mol. The number of nitrogens with zero attached hydrogens (tertiary/aromatic N) is 1. The number of amides is 1. The van der Waals surface area contributed by atoms with E-state index in [-0.39, 0.29) is 17.9 Å². The Morgan fingerprint density at radius 1 is 1.11 bits per heavy atom. The quantitative estimate of drug-likeness (QED) is 0.490. The largest absolute Gasteiger partial charge is 0.497 e. The van der Waals surface area contributed by atoms with Crippen LogP contribution in [0.5, 0.6) is 11.5 Å². The maximum absolute atomic E-state index is 13.9. The van der Waals surface area contributed by atoms with E-state index in [2.05, 4.69) is 15.6 Å². The monoisotopic (exact) mass is 497 g/mol. The van der Waals surface area contributed by atoms with Gasteiger partial charge in [0.2, 0.25) is 0 Å². The highest BCUT2D eigenvalue weighted by Crippen LogP contribution is 2.42. The van der Waals surface area contributed by atoms with Crippen molar-refractivity contribution in [3.63, 3.8) is 0 Å². The second-order valence-corrected chi connectivity index (χ2v) is 8.68. The highest BCUT2D eigenvalue weighted by molar-refractivity contribution is 5.69. The smallest absolute Gasteiger partial charge is 0.416 e. The van der Waals surface area contributed by atoms with Gasteiger partial charge in [0.25, 0.3) is 0 Å². The summed E-state index contributed by atoms with van der Waals surface area (Å²) in [5, 5.41) is 5.52. The maximum Gasteiger partial charge on any atom is 0.416 e. The molecule has 3 rings (SSSR count). The number of ether oxygens (including phenoxy) is 3. The van der Waals surface area contributed by atoms with Crippen molar-refractivity contribution in [2.45, 2.75) is 71.8 Å². The van der Waals surface area contributed by atoms with Gasteiger partial charge in [-0.15, -0.1) is 0 Å². The molecule has 1 amide bonds. The van der Waals surface area contributed by atoms with Crippen LogP contribution in [-0.4, -0.2) is 30.9 Å². The van der Waals surface area contributed by atoms with E-state index in [1.807, 2.05) is 13.8 Å². The fraction of sp³-hybridized carbons (Fsp3) is 0.520. The Morgan fingerprint density at radius 2 is 1.80 bits per heavy atom. The molecule has 2 aromatic rings. The van der Waals surface area contributed by atoms with Crippen LogP contribution in [0, 0.1) is 0 Å². The number of alkyl halides is 3. The predicted octanol–water partition coefficient (Wildman–Crippen LogP) is 6.27. The van der Waals surface area contributed by atoms with Crippen LogP contribution in [0.25, 0.3) is 0 Å². The first kappa shape index (κ1) is 28.1. The van der Waals surface area contributed by atoms with E-state index < -0.39 is 29.5 Å². The summed E-state index contributed by atoms with van der Waals surface area (Å²) in [6, 6.07) is 5.35. The Balaban J connectivity index is 0.00000210. The molecular weight excluding hydrogens is 463 g/mol. The van der Waals surface area contributed by atoms with E-state index in [0.717, 1.165) is 11.6 Å². The molecule has 0 spiro atoms. The zero-order valence-electron chi connectivity index (χ0n) is 21.2. The summed E-state index contributed by atoms with van der Waals surface area (Å²) in [6.45, 7) is 9.27. The highest BCUT2D eigenvalue weighted by atomic mass is 19.4. The van der Waals surface area contributed by atoms with Crippen molar-refractivity contribution in [1.29, 1.82) is 0 Å². The number of hydrogen-bond donors (Lipinski definition) is 2. The zero-order chi connectivity index (χ0) is 26.4. The van der Waals surface area contributed by atoms with Gasteiger partial charge in [-0.1, -0.05) is 13.8 Å². The summed E-state index contributed by atoms with van der Waals surface area (Å²) in [6.07, 6.45) is -4.76. The minimum absolute atomic E-state index is 0.0130. The van der Waals surface area contributed by atoms with Crippen LogP contribution < -0.4 is 20.1 Å². The van der Waals surface area contributed by atoms with Gasteiger partial charge in [0.05, 0.1) is 25.8 Å². The zero-order valence-corrected chi connectivity index (χ0v) is 21.2. The molecule has 35 heavy (non-hydrogen) atoms. The number of carbonyl (C=O) groups excluding carboxylic acids is 1. The van der Waals surface area contributed by atoms with Gasteiger partial charge in [-0.05, 0) is 51.8 Å². The second kappa shape index (κ2) is 11.5. The molecule has 1 unspecified atom stereocenters. The van der Waals surface area contributed by atoms with Gasteiger partial charge in [0.15, 0.2) is 0 Å². The maximum atomic E-state index is 13.9. The van der Waals surface area contributed by atoms with Gasteiger partial charge >= 0.3 is 12.3 Å². The molecule has 1 aromatic heterocycles. The van der Waals surface area contributed by atoms with Crippen LogP contribution in [0.1, 0.15) is 69.5 Å². The number of benzene rings is 1. The first-order valence-electron chi connectivity index (χ1n) is 11.5. The van der Waals surface area contributed by atoms with Crippen molar-refractivity contribution in [2.75, 3.05) is 19.5 Å². The number of aryl methyl sites for hydroxylation is 1. The van der Waals surface area contributed by atoms with E-state index >= 15 is 0 Å². The standard InChI is InChI=1S/C23H28F3N3O4.C2H6/c1-22(2,3)33-21(30)29-17-9-8-16-20(17)15(23(24,25)26)11-19(28-16)27-12-13-6-7-14(31-4)10-18(13)32-5;1-2/h6-7,10-11,17H,8-9,12H2,1-5H3,(H,27,28)(H,29,30);1-2H3. The van der Waals surface area contributed by atoms with Gasteiger partial charge in [-0.2, -0.15) is 13.2 Å². The lowest BCUT2D eigenvalue weighted by Gasteiger charge is -2.23. The van der Waals surface area contributed by atoms with Crippen LogP contribution in [0.15, 0.2) is 24.3 Å². The number of anilines is 1. The number of pyridine rings is 1. The predicted molar refractivity (Wildman–Crippen MR) is 128 cm³/mol. The number of rotatable bonds is 6. The molecule has 1 atom stereocenters. The molecule has 2 N–H and O–H groups in total. The Bertz CT molecular complexity index is 1020. The van der Waals surface area contributed by atoms with Crippen molar-refractivity contribution in [3.8, 4) is 11.5 Å². The lowest BCUT2D eigenvalue weighted by Crippen LogP contribution is -2.35. The molecule has 1 aliphatic rings. The van der Waals surface area contributed by atoms with Crippen molar-refractivity contribution in [3.05, 3.63) is 46.6 Å². The summed E-state index contributed by atoms with van der Waals surface area (Å²) in [7, 11) is 3.04. The summed E-state index contributed by atoms with van der Waals surface area (Å²) < 4.78 is 57.5. The van der Waals surface area contributed by atoms with E-state index in [1.54, 1.807) is 39.0 Å². The molecule has 0 radical (unpaired) electrons. The molecule has 1 aliphatic carbocycles. The normalized spacial score (nSPS) is 14.9. The Labute approximate surface area is 204 Å². The fourth-order valence-corrected chi connectivity index (χ4v) is 3.72. The minimum atomic E-state index is -4.61. The fourth-order valence-electron chi connectivity index (χ4n) is 3.72. The molecule has 0 saturated carbocycles. The van der Waals surface area contributed by atoms with Gasteiger partial charge in [0, 0.05) is 29.4 Å². The van der Waals surface area contributed by atoms with Gasteiger partial charge in [-0.25, -0.2) is 9.78 Å². The number of carbonyl (C=O) groups is 1. The third kappa shape index (κ3) is 7.40. The first-order valence-corrected chi connectivity index (χ1v) is 11.5. The van der Waals surface area contributed by atoms with E-state index in [9.17, 15) is 18.0 Å². The minimum Gasteiger partial charge on any atom is -0.497 e. The van der Waals surface area contributed by atoms with Crippen LogP contribution in [-0.2, 0) is 23.9 Å². The third-order valence-electron chi connectivity index (χ3n) is 5.11. The van der Waals surface area contributed by atoms with Crippen LogP contribution in [0.2, 0.25) is 0 Å². The number of fused-ring (bicyclic) bond motifs is 1. The summed E-state index contributed by atoms with van der Waals surface area (Å²) in [5.41, 5.74) is -0.558. The molecular formula is C25H34F3N3O4. The number of aromatic nitrogens is 1. The summed E-state index contributed by atoms with van der Waals surface area (Å²) >= 11 is 0. The molecule has 7 nitrogen and oxygen atoms in total. The lowest BCUT2D eigenvalue weighted by atomic mass is 10.0. The number of halogens is 3. The van der Waals surface area contributed by atoms with E-state index in [1.165, 1.54) is 14.2 Å². The van der Waals surface area contributed by atoms with Crippen molar-refractivity contribution >= 4 is 11.9 Å². The van der Waals surface area contributed by atoms with Crippen molar-refractivity contribution in [2.24, 2.45) is 0 Å². The van der Waals surface area contributed by atoms with Crippen molar-refractivity contribution < 1.29 is 32.2 Å². The molecule has 0 saturated heterocycles. The molecule has 0 bridgehead atoms. The van der Waals surface area contributed by atoms with Crippen LogP contribution in [0.3, 0.4) is 0 Å². The number of nitrogens with one attached hydrogen (secondary N) is 2. The van der Waals surface area contributed by atoms with E-state index in [4.69, 9.17) is 14.2 Å². The molecule has 1 heterocycles. The Morgan fingerprint density at radius 3 is 2.37 bits per heavy atom. The van der Waals surface area contributed by atoms with Gasteiger partial charge in [-0.3, -0.25) is 0 Å². The number of hydrogen-bond acceptors (Lipinski definition) is 6. The van der Waals surface area contributed by atoms with Crippen LogP contribution in [0.4, 0.5) is 23.8 Å². The van der Waals surface area contributed by atoms with E-state index in [0.29, 0.717) is 30.0 Å².